The zero-order chi connectivity index (χ0) is 14.2. The number of rotatable bonds is 7. The largest absolute Gasteiger partial charge is 0.352 e. The fourth-order valence-corrected chi connectivity index (χ4v) is 2.66. The molecule has 5 heteroatoms. The molecule has 112 valence electrons. The molecule has 1 atom stereocenters. The van der Waals surface area contributed by atoms with Crippen LogP contribution in [0.4, 0.5) is 0 Å². The molecule has 1 heterocycles. The Balaban J connectivity index is 1.58. The van der Waals surface area contributed by atoms with Gasteiger partial charge in [0.25, 0.3) is 0 Å². The second kappa shape index (κ2) is 8.04. The molecule has 1 aromatic heterocycles. The summed E-state index contributed by atoms with van der Waals surface area (Å²) in [4.78, 5) is 12.0. The highest BCUT2D eigenvalue weighted by Crippen LogP contribution is 2.17. The summed E-state index contributed by atoms with van der Waals surface area (Å²) in [6.07, 6.45) is 10.8. The molecule has 20 heavy (non-hydrogen) atoms. The van der Waals surface area contributed by atoms with E-state index in [1.807, 2.05) is 23.9 Å². The van der Waals surface area contributed by atoms with Crippen LogP contribution in [0, 0.1) is 0 Å². The van der Waals surface area contributed by atoms with Gasteiger partial charge in [0.1, 0.15) is 0 Å². The van der Waals surface area contributed by atoms with Crippen molar-refractivity contribution < 1.29 is 4.79 Å². The van der Waals surface area contributed by atoms with Crippen LogP contribution in [0.1, 0.15) is 45.4 Å². The minimum atomic E-state index is -0.116. The molecule has 1 unspecified atom stereocenters. The van der Waals surface area contributed by atoms with E-state index in [0.29, 0.717) is 6.04 Å². The van der Waals surface area contributed by atoms with Gasteiger partial charge in [-0.25, -0.2) is 0 Å². The van der Waals surface area contributed by atoms with Crippen LogP contribution in [0.5, 0.6) is 0 Å². The molecule has 0 aliphatic heterocycles. The number of aromatic nitrogens is 2. The van der Waals surface area contributed by atoms with Crippen LogP contribution >= 0.6 is 0 Å². The van der Waals surface area contributed by atoms with E-state index in [2.05, 4.69) is 15.7 Å². The van der Waals surface area contributed by atoms with Crippen LogP contribution < -0.4 is 10.6 Å². The number of nitrogens with zero attached hydrogens (tertiary/aromatic N) is 2. The molecule has 2 rings (SSSR count). The number of nitrogens with one attached hydrogen (secondary N) is 2. The lowest BCUT2D eigenvalue weighted by molar-refractivity contribution is -0.123. The molecule has 1 aliphatic rings. The first-order valence-corrected chi connectivity index (χ1v) is 7.77. The molecule has 0 aromatic carbocycles. The van der Waals surface area contributed by atoms with Crippen LogP contribution in [0.3, 0.4) is 0 Å². The van der Waals surface area contributed by atoms with Crippen molar-refractivity contribution in [2.75, 3.05) is 6.54 Å². The first kappa shape index (κ1) is 15.0. The summed E-state index contributed by atoms with van der Waals surface area (Å²) >= 11 is 0. The Bertz CT molecular complexity index is 385. The maximum atomic E-state index is 12.0. The summed E-state index contributed by atoms with van der Waals surface area (Å²) in [5.74, 6) is 0.135. The molecule has 0 spiro atoms. The number of hydrogen-bond donors (Lipinski definition) is 2. The predicted octanol–water partition coefficient (Wildman–Crippen LogP) is 1.70. The lowest BCUT2D eigenvalue weighted by Crippen LogP contribution is -2.47. The van der Waals surface area contributed by atoms with E-state index in [1.165, 1.54) is 19.3 Å². The highest BCUT2D eigenvalue weighted by atomic mass is 16.2. The highest BCUT2D eigenvalue weighted by molar-refractivity contribution is 5.81. The van der Waals surface area contributed by atoms with E-state index >= 15 is 0 Å². The van der Waals surface area contributed by atoms with Crippen LogP contribution in [0.15, 0.2) is 18.5 Å². The summed E-state index contributed by atoms with van der Waals surface area (Å²) in [5.41, 5.74) is 0. The van der Waals surface area contributed by atoms with Crippen molar-refractivity contribution in [2.24, 2.45) is 0 Å². The van der Waals surface area contributed by atoms with E-state index in [1.54, 1.807) is 6.20 Å². The van der Waals surface area contributed by atoms with Gasteiger partial charge in [-0.15, -0.1) is 0 Å². The Labute approximate surface area is 121 Å². The normalized spacial score (nSPS) is 17.9. The number of amides is 1. The van der Waals surface area contributed by atoms with Gasteiger partial charge < -0.3 is 10.6 Å². The molecule has 0 radical (unpaired) electrons. The Morgan fingerprint density at radius 1 is 1.40 bits per heavy atom. The maximum Gasteiger partial charge on any atom is 0.237 e. The third-order valence-electron chi connectivity index (χ3n) is 3.92. The van der Waals surface area contributed by atoms with Crippen LogP contribution in [-0.4, -0.2) is 34.3 Å². The Morgan fingerprint density at radius 2 is 2.20 bits per heavy atom. The van der Waals surface area contributed by atoms with Crippen molar-refractivity contribution in [3.05, 3.63) is 18.5 Å². The lowest BCUT2D eigenvalue weighted by Gasteiger charge is -2.24. The number of aryl methyl sites for hydroxylation is 1. The number of carbonyl (C=O) groups is 1. The molecular formula is C15H26N4O. The van der Waals surface area contributed by atoms with Gasteiger partial charge in [-0.05, 0) is 38.8 Å². The van der Waals surface area contributed by atoms with E-state index in [9.17, 15) is 4.79 Å². The summed E-state index contributed by atoms with van der Waals surface area (Å²) in [6.45, 7) is 3.65. The molecular weight excluding hydrogens is 252 g/mol. The van der Waals surface area contributed by atoms with E-state index < -0.39 is 0 Å². The van der Waals surface area contributed by atoms with Crippen molar-refractivity contribution in [1.82, 2.24) is 20.4 Å². The lowest BCUT2D eigenvalue weighted by atomic mass is 9.95. The minimum absolute atomic E-state index is 0.116. The average Bonchev–Trinajstić information content (AvgIpc) is 2.97. The molecule has 0 saturated heterocycles. The SMILES string of the molecule is CC(NCCCn1cccn1)C(=O)NC1CCCCC1. The molecule has 2 N–H and O–H groups in total. The van der Waals surface area contributed by atoms with Crippen molar-refractivity contribution >= 4 is 5.91 Å². The zero-order valence-electron chi connectivity index (χ0n) is 12.3. The van der Waals surface area contributed by atoms with Gasteiger partial charge in [-0.1, -0.05) is 19.3 Å². The Morgan fingerprint density at radius 3 is 2.90 bits per heavy atom. The average molecular weight is 278 g/mol. The van der Waals surface area contributed by atoms with Crippen molar-refractivity contribution in [2.45, 2.75) is 64.1 Å². The third-order valence-corrected chi connectivity index (χ3v) is 3.92. The van der Waals surface area contributed by atoms with Crippen molar-refractivity contribution in [3.63, 3.8) is 0 Å². The molecule has 0 bridgehead atoms. The summed E-state index contributed by atoms with van der Waals surface area (Å²) in [7, 11) is 0. The monoisotopic (exact) mass is 278 g/mol. The van der Waals surface area contributed by atoms with Gasteiger partial charge in [0.05, 0.1) is 6.04 Å². The summed E-state index contributed by atoms with van der Waals surface area (Å²) < 4.78 is 1.91. The van der Waals surface area contributed by atoms with Crippen LogP contribution in [0.2, 0.25) is 0 Å². The smallest absolute Gasteiger partial charge is 0.237 e. The van der Waals surface area contributed by atoms with E-state index in [4.69, 9.17) is 0 Å². The maximum absolute atomic E-state index is 12.0. The highest BCUT2D eigenvalue weighted by Gasteiger charge is 2.18. The summed E-state index contributed by atoms with van der Waals surface area (Å²) in [6, 6.07) is 2.20. The number of carbonyl (C=O) groups excluding carboxylic acids is 1. The van der Waals surface area contributed by atoms with Gasteiger partial charge in [0.15, 0.2) is 0 Å². The van der Waals surface area contributed by atoms with Gasteiger partial charge in [0, 0.05) is 25.0 Å². The van der Waals surface area contributed by atoms with Crippen LogP contribution in [-0.2, 0) is 11.3 Å². The topological polar surface area (TPSA) is 59.0 Å². The fourth-order valence-electron chi connectivity index (χ4n) is 2.66. The molecule has 1 saturated carbocycles. The first-order chi connectivity index (χ1) is 9.75. The zero-order valence-corrected chi connectivity index (χ0v) is 12.3. The molecule has 1 aromatic rings. The molecule has 5 nitrogen and oxygen atoms in total. The quantitative estimate of drug-likeness (QED) is 0.746. The van der Waals surface area contributed by atoms with E-state index in [0.717, 1.165) is 32.4 Å². The molecule has 1 amide bonds. The third kappa shape index (κ3) is 4.96. The van der Waals surface area contributed by atoms with Crippen LogP contribution in [0.25, 0.3) is 0 Å². The summed E-state index contributed by atoms with van der Waals surface area (Å²) in [5, 5.41) is 10.6. The van der Waals surface area contributed by atoms with Gasteiger partial charge >= 0.3 is 0 Å². The standard InChI is InChI=1S/C15H26N4O/c1-13(15(20)18-14-7-3-2-4-8-14)16-9-5-11-19-12-6-10-17-19/h6,10,12-14,16H,2-5,7-9,11H2,1H3,(H,18,20). The fraction of sp³-hybridized carbons (Fsp3) is 0.733. The first-order valence-electron chi connectivity index (χ1n) is 7.77. The van der Waals surface area contributed by atoms with Gasteiger partial charge in [-0.3, -0.25) is 9.48 Å². The van der Waals surface area contributed by atoms with Crippen molar-refractivity contribution in [3.8, 4) is 0 Å². The van der Waals surface area contributed by atoms with Crippen molar-refractivity contribution in [1.29, 1.82) is 0 Å². The van der Waals surface area contributed by atoms with Gasteiger partial charge in [0.2, 0.25) is 5.91 Å². The molecule has 1 aliphatic carbocycles. The second-order valence-electron chi connectivity index (χ2n) is 5.64. The van der Waals surface area contributed by atoms with E-state index in [-0.39, 0.29) is 11.9 Å². The predicted molar refractivity (Wildman–Crippen MR) is 79.3 cm³/mol. The molecule has 1 fully saturated rings. The second-order valence-corrected chi connectivity index (χ2v) is 5.64. The number of hydrogen-bond acceptors (Lipinski definition) is 3. The Kier molecular flexibility index (Phi) is 6.05. The minimum Gasteiger partial charge on any atom is -0.352 e. The van der Waals surface area contributed by atoms with Gasteiger partial charge in [-0.2, -0.15) is 5.10 Å². The Hall–Kier alpha value is -1.36.